The standard InChI is InChI=1S/C27H22ClF3N8/c1-14(2)39-13-23(37-38-39)25(15-3-5-17(29)6-4-15)35-18-7-20-24(36-19-9-22(30)27(31)34-12-19)16(10-32)11-33-26(20)21(28)8-18/h3-9,11-14,25,35,37-38H,1-2H3,(H,33,36)/t25-/m0/s1. The number of hydrogen-bond donors (Lipinski definition) is 4. The predicted molar refractivity (Wildman–Crippen MR) is 143 cm³/mol. The van der Waals surface area contributed by atoms with Crippen LogP contribution in [-0.2, 0) is 0 Å². The summed E-state index contributed by atoms with van der Waals surface area (Å²) < 4.78 is 40.9. The maximum absolute atomic E-state index is 13.8. The van der Waals surface area contributed by atoms with Gasteiger partial charge in [-0.2, -0.15) is 9.65 Å². The Bertz CT molecular complexity index is 1620. The molecule has 0 radical (unpaired) electrons. The summed E-state index contributed by atoms with van der Waals surface area (Å²) in [6.07, 6.45) is 4.37. The van der Waals surface area contributed by atoms with Crippen molar-refractivity contribution in [1.29, 1.82) is 5.26 Å². The molecule has 8 nitrogen and oxygen atoms in total. The number of hydrazine groups is 2. The first-order chi connectivity index (χ1) is 18.7. The smallest absolute Gasteiger partial charge is 0.249 e. The lowest BCUT2D eigenvalue weighted by atomic mass is 10.0. The number of benzene rings is 2. The van der Waals surface area contributed by atoms with E-state index in [0.29, 0.717) is 27.3 Å². The van der Waals surface area contributed by atoms with Crippen LogP contribution in [0.15, 0.2) is 66.8 Å². The largest absolute Gasteiger partial charge is 0.373 e. The number of fused-ring (bicyclic) bond motifs is 1. The molecule has 198 valence electrons. The molecule has 0 fully saturated rings. The average Bonchev–Trinajstić information content (AvgIpc) is 3.41. The highest BCUT2D eigenvalue weighted by Crippen LogP contribution is 2.37. The molecule has 2 aromatic heterocycles. The second-order valence-corrected chi connectivity index (χ2v) is 9.49. The first-order valence-electron chi connectivity index (χ1n) is 11.9. The summed E-state index contributed by atoms with van der Waals surface area (Å²) in [4.78, 5) is 7.72. The summed E-state index contributed by atoms with van der Waals surface area (Å²) >= 11 is 6.62. The van der Waals surface area contributed by atoms with Crippen molar-refractivity contribution >= 4 is 39.6 Å². The van der Waals surface area contributed by atoms with Gasteiger partial charge >= 0.3 is 0 Å². The molecule has 5 rings (SSSR count). The fraction of sp³-hybridized carbons (Fsp3) is 0.148. The van der Waals surface area contributed by atoms with Gasteiger partial charge in [0, 0.05) is 35.6 Å². The maximum Gasteiger partial charge on any atom is 0.249 e. The van der Waals surface area contributed by atoms with Gasteiger partial charge in [0.25, 0.3) is 0 Å². The molecular formula is C27H22ClF3N8. The summed E-state index contributed by atoms with van der Waals surface area (Å²) in [7, 11) is 0. The van der Waals surface area contributed by atoms with Crippen LogP contribution >= 0.6 is 11.6 Å². The van der Waals surface area contributed by atoms with Crippen LogP contribution in [0.5, 0.6) is 0 Å². The van der Waals surface area contributed by atoms with E-state index in [9.17, 15) is 18.4 Å². The van der Waals surface area contributed by atoms with Crippen LogP contribution < -0.4 is 21.6 Å². The zero-order valence-electron chi connectivity index (χ0n) is 20.7. The number of nitriles is 1. The van der Waals surface area contributed by atoms with Crippen molar-refractivity contribution in [2.75, 3.05) is 10.6 Å². The van der Waals surface area contributed by atoms with Gasteiger partial charge in [-0.15, -0.1) is 5.53 Å². The lowest BCUT2D eigenvalue weighted by Crippen LogP contribution is -2.41. The Morgan fingerprint density at radius 2 is 1.79 bits per heavy atom. The van der Waals surface area contributed by atoms with Gasteiger partial charge in [-0.05, 0) is 43.7 Å². The van der Waals surface area contributed by atoms with Gasteiger partial charge in [0.1, 0.15) is 11.9 Å². The van der Waals surface area contributed by atoms with Crippen molar-refractivity contribution in [1.82, 2.24) is 25.9 Å². The Kier molecular flexibility index (Phi) is 7.15. The van der Waals surface area contributed by atoms with E-state index in [1.807, 2.05) is 25.1 Å². The zero-order chi connectivity index (χ0) is 27.7. The molecule has 0 bridgehead atoms. The molecule has 2 aromatic carbocycles. The molecule has 4 N–H and O–H groups in total. The maximum atomic E-state index is 13.8. The minimum Gasteiger partial charge on any atom is -0.373 e. The number of rotatable bonds is 7. The number of nitrogens with zero attached hydrogens (tertiary/aromatic N) is 4. The van der Waals surface area contributed by atoms with Gasteiger partial charge in [0.05, 0.1) is 45.4 Å². The molecule has 0 spiro atoms. The topological polar surface area (TPSA) is 101 Å². The van der Waals surface area contributed by atoms with E-state index in [-0.39, 0.29) is 23.1 Å². The summed E-state index contributed by atoms with van der Waals surface area (Å²) in [6.45, 7) is 4.04. The molecule has 1 aliphatic rings. The van der Waals surface area contributed by atoms with E-state index in [1.54, 1.807) is 24.3 Å². The number of anilines is 3. The van der Waals surface area contributed by atoms with Crippen molar-refractivity contribution in [2.24, 2.45) is 0 Å². The Morgan fingerprint density at radius 3 is 2.46 bits per heavy atom. The van der Waals surface area contributed by atoms with Gasteiger partial charge in [0.15, 0.2) is 5.82 Å². The molecule has 0 aliphatic carbocycles. The van der Waals surface area contributed by atoms with Crippen molar-refractivity contribution in [3.05, 3.63) is 100 Å². The lowest BCUT2D eigenvalue weighted by Gasteiger charge is -2.22. The molecule has 3 heterocycles. The van der Waals surface area contributed by atoms with Crippen LogP contribution in [-0.4, -0.2) is 21.0 Å². The quantitative estimate of drug-likeness (QED) is 0.207. The molecule has 0 saturated heterocycles. The van der Waals surface area contributed by atoms with E-state index in [0.717, 1.165) is 23.5 Å². The van der Waals surface area contributed by atoms with E-state index in [2.05, 4.69) is 37.6 Å². The molecule has 1 atom stereocenters. The molecular weight excluding hydrogens is 529 g/mol. The lowest BCUT2D eigenvalue weighted by molar-refractivity contribution is 0.221. The number of pyridine rings is 2. The van der Waals surface area contributed by atoms with Crippen LogP contribution in [0.1, 0.15) is 31.0 Å². The summed E-state index contributed by atoms with van der Waals surface area (Å²) in [5.41, 5.74) is 9.33. The van der Waals surface area contributed by atoms with E-state index in [1.165, 1.54) is 18.3 Å². The van der Waals surface area contributed by atoms with Crippen LogP contribution in [0, 0.1) is 28.9 Å². The van der Waals surface area contributed by atoms with Crippen LogP contribution in [0.2, 0.25) is 5.02 Å². The third-order valence-electron chi connectivity index (χ3n) is 6.10. The third kappa shape index (κ3) is 5.38. The van der Waals surface area contributed by atoms with Gasteiger partial charge in [-0.1, -0.05) is 23.7 Å². The Morgan fingerprint density at radius 1 is 1.03 bits per heavy atom. The number of hydrogen-bond acceptors (Lipinski definition) is 8. The number of aromatic nitrogens is 2. The number of nitrogens with one attached hydrogen (secondary N) is 4. The predicted octanol–water partition coefficient (Wildman–Crippen LogP) is 6.04. The fourth-order valence-electron chi connectivity index (χ4n) is 4.13. The van der Waals surface area contributed by atoms with Crippen molar-refractivity contribution in [3.63, 3.8) is 0 Å². The average molecular weight is 551 g/mol. The van der Waals surface area contributed by atoms with E-state index in [4.69, 9.17) is 11.6 Å². The van der Waals surface area contributed by atoms with Crippen molar-refractivity contribution in [3.8, 4) is 6.07 Å². The monoisotopic (exact) mass is 550 g/mol. The van der Waals surface area contributed by atoms with Crippen molar-refractivity contribution in [2.45, 2.75) is 25.9 Å². The minimum absolute atomic E-state index is 0.136. The molecule has 0 saturated carbocycles. The highest BCUT2D eigenvalue weighted by molar-refractivity contribution is 6.36. The molecule has 1 aliphatic heterocycles. The number of halogens is 4. The summed E-state index contributed by atoms with van der Waals surface area (Å²) in [6, 6.07) is 12.2. The van der Waals surface area contributed by atoms with E-state index >= 15 is 0 Å². The van der Waals surface area contributed by atoms with Crippen LogP contribution in [0.3, 0.4) is 0 Å². The van der Waals surface area contributed by atoms with Crippen molar-refractivity contribution < 1.29 is 13.2 Å². The zero-order valence-corrected chi connectivity index (χ0v) is 21.5. The molecule has 12 heteroatoms. The fourth-order valence-corrected chi connectivity index (χ4v) is 4.40. The molecule has 39 heavy (non-hydrogen) atoms. The minimum atomic E-state index is -1.23. The van der Waals surface area contributed by atoms with Gasteiger partial charge in [-0.25, -0.2) is 13.8 Å². The first-order valence-corrected chi connectivity index (χ1v) is 12.3. The molecule has 0 unspecified atom stereocenters. The molecule has 0 amide bonds. The van der Waals surface area contributed by atoms with Crippen LogP contribution in [0.25, 0.3) is 10.9 Å². The highest BCUT2D eigenvalue weighted by Gasteiger charge is 2.24. The van der Waals surface area contributed by atoms with E-state index < -0.39 is 17.8 Å². The second-order valence-electron chi connectivity index (χ2n) is 9.09. The Balaban J connectivity index is 1.59. The van der Waals surface area contributed by atoms with Gasteiger partial charge in [0.2, 0.25) is 5.95 Å². The van der Waals surface area contributed by atoms with Gasteiger partial charge in [-0.3, -0.25) is 9.99 Å². The Labute approximate surface area is 227 Å². The van der Waals surface area contributed by atoms with Crippen LogP contribution in [0.4, 0.5) is 30.2 Å². The summed E-state index contributed by atoms with van der Waals surface area (Å²) in [5, 5.41) is 18.8. The van der Waals surface area contributed by atoms with Gasteiger partial charge < -0.3 is 16.1 Å². The highest BCUT2D eigenvalue weighted by atomic mass is 35.5. The first kappa shape index (κ1) is 26.1. The summed E-state index contributed by atoms with van der Waals surface area (Å²) in [5.74, 6) is -2.73. The molecule has 4 aromatic rings. The second kappa shape index (κ2) is 10.7. The SMILES string of the molecule is CC(C)N1C=C([C@@H](Nc2cc(Cl)c3ncc(C#N)c(Nc4cnc(F)c(F)c4)c3c2)c2ccc(F)cc2)NN1. The Hall–Kier alpha value is -4.53. The third-order valence-corrected chi connectivity index (χ3v) is 6.39. The normalized spacial score (nSPS) is 13.7.